The molecule has 0 spiro atoms. The van der Waals surface area contributed by atoms with Gasteiger partial charge >= 0.3 is 0 Å². The predicted molar refractivity (Wildman–Crippen MR) is 80.0 cm³/mol. The second-order valence-electron chi connectivity index (χ2n) is 4.95. The van der Waals surface area contributed by atoms with Crippen molar-refractivity contribution in [1.29, 1.82) is 0 Å². The predicted octanol–water partition coefficient (Wildman–Crippen LogP) is 3.34. The lowest BCUT2D eigenvalue weighted by atomic mass is 10.0. The van der Waals surface area contributed by atoms with Gasteiger partial charge in [-0.15, -0.1) is 0 Å². The molecule has 1 heterocycles. The molecule has 0 aliphatic carbocycles. The third-order valence-electron chi connectivity index (χ3n) is 3.30. The Bertz CT molecular complexity index is 598. The normalized spacial score (nSPS) is 12.7. The van der Waals surface area contributed by atoms with Gasteiger partial charge in [0.05, 0.1) is 12.1 Å². The number of rotatable bonds is 4. The Labute approximate surface area is 118 Å². The molecule has 1 unspecified atom stereocenters. The van der Waals surface area contributed by atoms with E-state index in [1.807, 2.05) is 19.1 Å². The number of fused-ring (bicyclic) bond motifs is 1. The maximum absolute atomic E-state index is 6.26. The smallest absolute Gasteiger partial charge is 0.145 e. The number of aryl methyl sites for hydroxylation is 1. The van der Waals surface area contributed by atoms with Gasteiger partial charge in [-0.2, -0.15) is 0 Å². The Balaban J connectivity index is 2.60. The minimum absolute atomic E-state index is 0.412. The topological polar surface area (TPSA) is 48.1 Å². The van der Waals surface area contributed by atoms with Gasteiger partial charge in [0.1, 0.15) is 11.3 Å². The van der Waals surface area contributed by atoms with Crippen LogP contribution in [-0.2, 0) is 6.42 Å². The number of benzene rings is 1. The highest BCUT2D eigenvalue weighted by Gasteiger charge is 2.12. The fourth-order valence-corrected chi connectivity index (χ4v) is 2.54. The van der Waals surface area contributed by atoms with E-state index in [9.17, 15) is 0 Å². The highest BCUT2D eigenvalue weighted by Crippen LogP contribution is 2.32. The second kappa shape index (κ2) is 5.76. The summed E-state index contributed by atoms with van der Waals surface area (Å²) < 4.78 is 5.38. The summed E-state index contributed by atoms with van der Waals surface area (Å²) in [6.07, 6.45) is 0.864. The molecule has 0 saturated heterocycles. The van der Waals surface area contributed by atoms with E-state index in [1.165, 1.54) is 0 Å². The molecule has 102 valence electrons. The number of aromatic nitrogens is 1. The lowest BCUT2D eigenvalue weighted by Crippen LogP contribution is -2.14. The van der Waals surface area contributed by atoms with Crippen molar-refractivity contribution in [1.82, 2.24) is 4.98 Å². The first-order chi connectivity index (χ1) is 9.06. The minimum atomic E-state index is 0.412. The van der Waals surface area contributed by atoms with Crippen molar-refractivity contribution >= 4 is 22.5 Å². The number of nitrogens with zero attached hydrogens (tertiary/aromatic N) is 1. The van der Waals surface area contributed by atoms with Gasteiger partial charge in [-0.1, -0.05) is 18.5 Å². The first kappa shape index (κ1) is 14.1. The molecule has 0 saturated carbocycles. The molecule has 1 atom stereocenters. The summed E-state index contributed by atoms with van der Waals surface area (Å²) in [6, 6.07) is 5.78. The molecule has 3 nitrogen and oxygen atoms in total. The lowest BCUT2D eigenvalue weighted by Gasteiger charge is -2.13. The third-order valence-corrected chi connectivity index (χ3v) is 3.62. The zero-order chi connectivity index (χ0) is 14.0. The van der Waals surface area contributed by atoms with Gasteiger partial charge in [0.2, 0.25) is 0 Å². The van der Waals surface area contributed by atoms with Crippen LogP contribution in [0.2, 0.25) is 5.02 Å². The van der Waals surface area contributed by atoms with E-state index in [-0.39, 0.29) is 0 Å². The minimum Gasteiger partial charge on any atom is -0.494 e. The molecule has 1 aromatic carbocycles. The van der Waals surface area contributed by atoms with Crippen molar-refractivity contribution in [3.63, 3.8) is 0 Å². The van der Waals surface area contributed by atoms with Crippen LogP contribution in [0.3, 0.4) is 0 Å². The van der Waals surface area contributed by atoms with Crippen molar-refractivity contribution in [3.8, 4) is 5.75 Å². The first-order valence-corrected chi connectivity index (χ1v) is 6.77. The summed E-state index contributed by atoms with van der Waals surface area (Å²) in [4.78, 5) is 4.69. The molecule has 0 aliphatic heterocycles. The molecular weight excluding hydrogens is 260 g/mol. The van der Waals surface area contributed by atoms with E-state index in [0.717, 1.165) is 34.3 Å². The van der Waals surface area contributed by atoms with Crippen LogP contribution in [0.25, 0.3) is 10.9 Å². The van der Waals surface area contributed by atoms with Crippen LogP contribution in [0.5, 0.6) is 5.75 Å². The molecule has 2 N–H and O–H groups in total. The maximum Gasteiger partial charge on any atom is 0.145 e. The maximum atomic E-state index is 6.26. The molecular formula is C15H19ClN2O. The summed E-state index contributed by atoms with van der Waals surface area (Å²) in [5.74, 6) is 1.17. The number of halogens is 1. The van der Waals surface area contributed by atoms with Gasteiger partial charge in [0, 0.05) is 11.1 Å². The number of methoxy groups -OCH3 is 1. The number of ether oxygens (including phenoxy) is 1. The van der Waals surface area contributed by atoms with Crippen LogP contribution in [0.1, 0.15) is 18.2 Å². The summed E-state index contributed by atoms with van der Waals surface area (Å²) >= 11 is 6.26. The Morgan fingerprint density at radius 3 is 2.79 bits per heavy atom. The average molecular weight is 279 g/mol. The summed E-state index contributed by atoms with van der Waals surface area (Å²) in [6.45, 7) is 4.83. The molecule has 0 fully saturated rings. The summed E-state index contributed by atoms with van der Waals surface area (Å²) in [5.41, 5.74) is 8.65. The molecule has 0 aliphatic rings. The fraction of sp³-hybridized carbons (Fsp3) is 0.400. The molecule has 2 aromatic rings. The number of hydrogen-bond acceptors (Lipinski definition) is 3. The van der Waals surface area contributed by atoms with Crippen LogP contribution in [0.15, 0.2) is 18.2 Å². The number of pyridine rings is 1. The Kier molecular flexibility index (Phi) is 4.27. The van der Waals surface area contributed by atoms with E-state index >= 15 is 0 Å². The number of hydrogen-bond donors (Lipinski definition) is 1. The van der Waals surface area contributed by atoms with Crippen molar-refractivity contribution in [2.45, 2.75) is 20.3 Å². The fourth-order valence-electron chi connectivity index (χ4n) is 2.24. The van der Waals surface area contributed by atoms with E-state index in [1.54, 1.807) is 7.11 Å². The molecule has 19 heavy (non-hydrogen) atoms. The SMILES string of the molecule is COc1ccc(Cl)c2c(C)cc(CC(C)CN)nc12. The lowest BCUT2D eigenvalue weighted by molar-refractivity contribution is 0.418. The Hall–Kier alpha value is -1.32. The van der Waals surface area contributed by atoms with Crippen LogP contribution in [-0.4, -0.2) is 18.6 Å². The highest BCUT2D eigenvalue weighted by atomic mass is 35.5. The largest absolute Gasteiger partial charge is 0.494 e. The van der Waals surface area contributed by atoms with E-state index in [2.05, 4.69) is 13.0 Å². The van der Waals surface area contributed by atoms with Gasteiger partial charge in [-0.3, -0.25) is 0 Å². The summed E-state index contributed by atoms with van der Waals surface area (Å²) in [7, 11) is 1.65. The van der Waals surface area contributed by atoms with Gasteiger partial charge in [-0.05, 0) is 49.6 Å². The quantitative estimate of drug-likeness (QED) is 0.933. The van der Waals surface area contributed by atoms with Gasteiger partial charge in [0.25, 0.3) is 0 Å². The summed E-state index contributed by atoms with van der Waals surface area (Å²) in [5, 5.41) is 1.67. The Morgan fingerprint density at radius 2 is 2.16 bits per heavy atom. The van der Waals surface area contributed by atoms with Gasteiger partial charge in [0.15, 0.2) is 0 Å². The zero-order valence-corrected chi connectivity index (χ0v) is 12.3. The van der Waals surface area contributed by atoms with E-state index < -0.39 is 0 Å². The molecule has 0 radical (unpaired) electrons. The zero-order valence-electron chi connectivity index (χ0n) is 11.5. The van der Waals surface area contributed by atoms with Crippen LogP contribution in [0, 0.1) is 12.8 Å². The van der Waals surface area contributed by atoms with Gasteiger partial charge in [-0.25, -0.2) is 4.98 Å². The van der Waals surface area contributed by atoms with Crippen molar-refractivity contribution in [2.75, 3.05) is 13.7 Å². The third kappa shape index (κ3) is 2.82. The van der Waals surface area contributed by atoms with Crippen molar-refractivity contribution in [2.24, 2.45) is 11.7 Å². The molecule has 4 heteroatoms. The average Bonchev–Trinajstić information content (AvgIpc) is 2.38. The Morgan fingerprint density at radius 1 is 1.42 bits per heavy atom. The van der Waals surface area contributed by atoms with Crippen molar-refractivity contribution < 1.29 is 4.74 Å². The molecule has 0 bridgehead atoms. The van der Waals surface area contributed by atoms with Crippen LogP contribution >= 0.6 is 11.6 Å². The van der Waals surface area contributed by atoms with Crippen LogP contribution < -0.4 is 10.5 Å². The van der Waals surface area contributed by atoms with Crippen LogP contribution in [0.4, 0.5) is 0 Å². The second-order valence-corrected chi connectivity index (χ2v) is 5.36. The highest BCUT2D eigenvalue weighted by molar-refractivity contribution is 6.35. The monoisotopic (exact) mass is 278 g/mol. The van der Waals surface area contributed by atoms with Gasteiger partial charge < -0.3 is 10.5 Å². The number of nitrogens with two attached hydrogens (primary N) is 1. The molecule has 0 amide bonds. The first-order valence-electron chi connectivity index (χ1n) is 6.39. The molecule has 1 aromatic heterocycles. The standard InChI is InChI=1S/C15H19ClN2O/c1-9(8-17)6-11-7-10(2)14-12(16)4-5-13(19-3)15(14)18-11/h4-5,7,9H,6,8,17H2,1-3H3. The van der Waals surface area contributed by atoms with E-state index in [0.29, 0.717) is 17.5 Å². The van der Waals surface area contributed by atoms with Crippen molar-refractivity contribution in [3.05, 3.63) is 34.5 Å². The van der Waals surface area contributed by atoms with E-state index in [4.69, 9.17) is 27.1 Å². The molecule has 2 rings (SSSR count).